The molecule has 298 valence electrons. The summed E-state index contributed by atoms with van der Waals surface area (Å²) in [5, 5.41) is 7.77. The van der Waals surface area contributed by atoms with Gasteiger partial charge in [0.25, 0.3) is 0 Å². The Hall–Kier alpha value is -8.67. The van der Waals surface area contributed by atoms with Gasteiger partial charge in [0.1, 0.15) is 11.2 Å². The second-order valence-electron chi connectivity index (χ2n) is 16.3. The van der Waals surface area contributed by atoms with Crippen molar-refractivity contribution in [1.29, 1.82) is 0 Å². The van der Waals surface area contributed by atoms with E-state index < -0.39 is 0 Å². The molecule has 0 bridgehead atoms. The molecule has 0 fully saturated rings. The summed E-state index contributed by atoms with van der Waals surface area (Å²) in [6.45, 7) is 0. The average molecular weight is 817 g/mol. The van der Waals surface area contributed by atoms with Crippen LogP contribution in [0.5, 0.6) is 0 Å². The smallest absolute Gasteiger partial charge is 0.160 e. The molecule has 0 aliphatic carbocycles. The summed E-state index contributed by atoms with van der Waals surface area (Å²) in [5.41, 5.74) is 15.0. The second-order valence-corrected chi connectivity index (χ2v) is 16.3. The van der Waals surface area contributed by atoms with Crippen molar-refractivity contribution in [1.82, 2.24) is 19.5 Å². The fraction of sp³-hybridized carbons (Fsp3) is 0. The Morgan fingerprint density at radius 2 is 0.938 bits per heavy atom. The highest BCUT2D eigenvalue weighted by molar-refractivity contribution is 6.25. The maximum atomic E-state index is 7.03. The number of hydrogen-bond donors (Lipinski definition) is 0. The van der Waals surface area contributed by atoms with Crippen LogP contribution in [-0.4, -0.2) is 19.5 Å². The Balaban J connectivity index is 0.937. The standard InChI is InChI=1S/C59H36N4O/c1-4-15-39(16-5-1)56-48-33-32-46-45-24-14-23-43(57(45)64-58(46)55(48)47-22-10-12-25-50(47)60-56)37-27-29-38(30-28-37)51-36-52(62-59(61-51)40-17-6-2-7-18-40)41-31-34-54-49(35-41)44-21-11-13-26-53(44)63(54)42-19-8-3-9-20-42/h1-36H. The molecule has 0 saturated carbocycles. The van der Waals surface area contributed by atoms with E-state index in [0.29, 0.717) is 5.82 Å². The van der Waals surface area contributed by atoms with E-state index in [9.17, 15) is 0 Å². The number of fused-ring (bicyclic) bond motifs is 10. The Morgan fingerprint density at radius 1 is 0.344 bits per heavy atom. The van der Waals surface area contributed by atoms with E-state index in [1.807, 2.05) is 30.3 Å². The van der Waals surface area contributed by atoms with E-state index in [0.717, 1.165) is 105 Å². The summed E-state index contributed by atoms with van der Waals surface area (Å²) in [5.74, 6) is 0.682. The van der Waals surface area contributed by atoms with E-state index >= 15 is 0 Å². The number of para-hydroxylation sites is 4. The Labute approximate surface area is 368 Å². The number of rotatable bonds is 6. The van der Waals surface area contributed by atoms with Crippen LogP contribution in [0.3, 0.4) is 0 Å². The number of hydrogen-bond acceptors (Lipinski definition) is 4. The molecule has 0 unspecified atom stereocenters. The summed E-state index contributed by atoms with van der Waals surface area (Å²) in [4.78, 5) is 15.5. The molecule has 4 aromatic heterocycles. The van der Waals surface area contributed by atoms with Gasteiger partial charge in [0.2, 0.25) is 0 Å². The number of pyridine rings is 1. The minimum absolute atomic E-state index is 0.682. The SMILES string of the molecule is c1ccc(-c2nc(-c3ccc(-c4cccc5c4oc4c5ccc5c(-c6ccccc6)nc6ccccc6c54)cc3)cc(-c3ccc4c(c3)c3ccccc3n4-c3ccccc3)n2)cc1. The van der Waals surface area contributed by atoms with Crippen molar-refractivity contribution in [2.45, 2.75) is 0 Å². The number of aromatic nitrogens is 4. The molecular formula is C59H36N4O. The predicted octanol–water partition coefficient (Wildman–Crippen LogP) is 15.5. The molecule has 5 nitrogen and oxygen atoms in total. The van der Waals surface area contributed by atoms with Gasteiger partial charge < -0.3 is 8.98 Å². The van der Waals surface area contributed by atoms with Crippen molar-refractivity contribution in [2.75, 3.05) is 0 Å². The van der Waals surface area contributed by atoms with Gasteiger partial charge in [-0.1, -0.05) is 170 Å². The van der Waals surface area contributed by atoms with Crippen LogP contribution in [0.2, 0.25) is 0 Å². The molecule has 0 aliphatic heterocycles. The average Bonchev–Trinajstić information content (AvgIpc) is 3.93. The number of benzene rings is 9. The topological polar surface area (TPSA) is 56.7 Å². The molecule has 0 saturated heterocycles. The highest BCUT2D eigenvalue weighted by atomic mass is 16.3. The first-order chi connectivity index (χ1) is 31.7. The molecule has 5 heteroatoms. The van der Waals surface area contributed by atoms with Crippen LogP contribution < -0.4 is 0 Å². The Bertz CT molecular complexity index is 3930. The first kappa shape index (κ1) is 36.0. The third kappa shape index (κ3) is 5.75. The molecule has 0 N–H and O–H groups in total. The van der Waals surface area contributed by atoms with Gasteiger partial charge >= 0.3 is 0 Å². The van der Waals surface area contributed by atoms with Crippen LogP contribution in [0, 0.1) is 0 Å². The zero-order valence-electron chi connectivity index (χ0n) is 34.5. The summed E-state index contributed by atoms with van der Waals surface area (Å²) in [6.07, 6.45) is 0. The van der Waals surface area contributed by atoms with Crippen LogP contribution in [0.1, 0.15) is 0 Å². The highest BCUT2D eigenvalue weighted by Gasteiger charge is 2.20. The Kier molecular flexibility index (Phi) is 8.15. The molecule has 64 heavy (non-hydrogen) atoms. The summed E-state index contributed by atoms with van der Waals surface area (Å²) >= 11 is 0. The highest BCUT2D eigenvalue weighted by Crippen LogP contribution is 2.43. The monoisotopic (exact) mass is 816 g/mol. The Morgan fingerprint density at radius 3 is 1.73 bits per heavy atom. The molecule has 13 aromatic rings. The van der Waals surface area contributed by atoms with E-state index in [1.54, 1.807) is 0 Å². The third-order valence-corrected chi connectivity index (χ3v) is 12.6. The molecule has 0 spiro atoms. The van der Waals surface area contributed by atoms with Crippen LogP contribution in [0.15, 0.2) is 223 Å². The molecule has 0 radical (unpaired) electrons. The van der Waals surface area contributed by atoms with Gasteiger partial charge in [-0.25, -0.2) is 15.0 Å². The van der Waals surface area contributed by atoms with Crippen molar-refractivity contribution in [2.24, 2.45) is 0 Å². The van der Waals surface area contributed by atoms with Gasteiger partial charge in [0.15, 0.2) is 5.82 Å². The summed E-state index contributed by atoms with van der Waals surface area (Å²) in [6, 6.07) is 76.5. The van der Waals surface area contributed by atoms with Gasteiger partial charge in [-0.3, -0.25) is 0 Å². The molecule has 0 aliphatic rings. The van der Waals surface area contributed by atoms with Crippen LogP contribution in [0.25, 0.3) is 127 Å². The van der Waals surface area contributed by atoms with E-state index in [4.69, 9.17) is 19.4 Å². The zero-order valence-corrected chi connectivity index (χ0v) is 34.5. The first-order valence-corrected chi connectivity index (χ1v) is 21.6. The van der Waals surface area contributed by atoms with Crippen molar-refractivity contribution >= 4 is 65.4 Å². The molecule has 4 heterocycles. The first-order valence-electron chi connectivity index (χ1n) is 21.6. The third-order valence-electron chi connectivity index (χ3n) is 12.6. The van der Waals surface area contributed by atoms with Gasteiger partial charge in [-0.15, -0.1) is 0 Å². The molecular weight excluding hydrogens is 781 g/mol. The lowest BCUT2D eigenvalue weighted by Crippen LogP contribution is -1.96. The van der Waals surface area contributed by atoms with Crippen molar-refractivity contribution in [3.05, 3.63) is 218 Å². The van der Waals surface area contributed by atoms with Gasteiger partial charge in [-0.05, 0) is 54.1 Å². The van der Waals surface area contributed by atoms with Crippen molar-refractivity contribution in [3.8, 4) is 62.0 Å². The molecule has 9 aromatic carbocycles. The number of furan rings is 1. The van der Waals surface area contributed by atoms with Crippen molar-refractivity contribution in [3.63, 3.8) is 0 Å². The van der Waals surface area contributed by atoms with E-state index in [-0.39, 0.29) is 0 Å². The normalized spacial score (nSPS) is 11.8. The summed E-state index contributed by atoms with van der Waals surface area (Å²) in [7, 11) is 0. The van der Waals surface area contributed by atoms with E-state index in [2.05, 4.69) is 193 Å². The predicted molar refractivity (Wildman–Crippen MR) is 264 cm³/mol. The van der Waals surface area contributed by atoms with E-state index in [1.165, 1.54) is 16.3 Å². The quantitative estimate of drug-likeness (QED) is 0.157. The largest absolute Gasteiger partial charge is 0.455 e. The fourth-order valence-corrected chi connectivity index (χ4v) is 9.60. The fourth-order valence-electron chi connectivity index (χ4n) is 9.60. The molecule has 0 atom stereocenters. The van der Waals surface area contributed by atoms with Gasteiger partial charge in [0.05, 0.1) is 33.6 Å². The summed E-state index contributed by atoms with van der Waals surface area (Å²) < 4.78 is 9.37. The van der Waals surface area contributed by atoms with Gasteiger partial charge in [0, 0.05) is 71.2 Å². The second kappa shape index (κ2) is 14.5. The lowest BCUT2D eigenvalue weighted by Gasteiger charge is -2.11. The minimum atomic E-state index is 0.682. The van der Waals surface area contributed by atoms with Gasteiger partial charge in [-0.2, -0.15) is 0 Å². The van der Waals surface area contributed by atoms with Crippen LogP contribution >= 0.6 is 0 Å². The van der Waals surface area contributed by atoms with Crippen LogP contribution in [-0.2, 0) is 0 Å². The van der Waals surface area contributed by atoms with Crippen molar-refractivity contribution < 1.29 is 4.42 Å². The minimum Gasteiger partial charge on any atom is -0.455 e. The molecule has 0 amide bonds. The molecule has 13 rings (SSSR count). The maximum absolute atomic E-state index is 7.03. The lowest BCUT2D eigenvalue weighted by molar-refractivity contribution is 0.674. The van der Waals surface area contributed by atoms with Crippen LogP contribution in [0.4, 0.5) is 0 Å². The lowest BCUT2D eigenvalue weighted by atomic mass is 9.97. The maximum Gasteiger partial charge on any atom is 0.160 e. The zero-order chi connectivity index (χ0) is 42.1. The number of nitrogens with zero attached hydrogens (tertiary/aromatic N) is 4.